The number of nitrogens with one attached hydrogen (secondary N) is 1. The number of hydrogen-bond donors (Lipinski definition) is 2. The van der Waals surface area contributed by atoms with E-state index in [-0.39, 0.29) is 24.5 Å². The Morgan fingerprint density at radius 2 is 2.29 bits per heavy atom. The summed E-state index contributed by atoms with van der Waals surface area (Å²) in [7, 11) is 0. The molecule has 1 aromatic rings. The zero-order chi connectivity index (χ0) is 15.8. The number of nitro groups is 1. The summed E-state index contributed by atoms with van der Waals surface area (Å²) < 4.78 is 5.86. The normalized spacial score (nSPS) is 11.9. The molecule has 0 spiro atoms. The molecule has 0 amide bonds. The molecule has 0 aliphatic rings. The van der Waals surface area contributed by atoms with Crippen molar-refractivity contribution < 1.29 is 19.6 Å². The fourth-order valence-electron chi connectivity index (χ4n) is 1.69. The van der Waals surface area contributed by atoms with E-state index >= 15 is 0 Å². The number of hydrogen-bond acceptors (Lipinski definition) is 5. The summed E-state index contributed by atoms with van der Waals surface area (Å²) in [5, 5.41) is 22.9. The van der Waals surface area contributed by atoms with Crippen molar-refractivity contribution in [2.75, 3.05) is 13.2 Å². The van der Waals surface area contributed by atoms with Crippen molar-refractivity contribution >= 4 is 27.6 Å². The number of aliphatic carboxylic acids is 1. The van der Waals surface area contributed by atoms with Crippen molar-refractivity contribution in [2.24, 2.45) is 0 Å². The number of benzene rings is 1. The Morgan fingerprint density at radius 3 is 2.86 bits per heavy atom. The molecule has 8 heteroatoms. The number of carbonyl (C=O) groups is 1. The van der Waals surface area contributed by atoms with Gasteiger partial charge in [0.2, 0.25) is 5.75 Å². The van der Waals surface area contributed by atoms with Crippen molar-refractivity contribution in [3.05, 3.63) is 32.8 Å². The van der Waals surface area contributed by atoms with Gasteiger partial charge >= 0.3 is 11.7 Å². The van der Waals surface area contributed by atoms with Crippen LogP contribution < -0.4 is 10.1 Å². The number of nitro benzene ring substituents is 1. The Morgan fingerprint density at radius 1 is 1.57 bits per heavy atom. The van der Waals surface area contributed by atoms with E-state index in [4.69, 9.17) is 9.84 Å². The van der Waals surface area contributed by atoms with Crippen molar-refractivity contribution in [1.82, 2.24) is 5.32 Å². The van der Waals surface area contributed by atoms with Gasteiger partial charge in [0.1, 0.15) is 6.04 Å². The zero-order valence-electron chi connectivity index (χ0n) is 11.5. The minimum atomic E-state index is -0.964. The lowest BCUT2D eigenvalue weighted by Crippen LogP contribution is -2.38. The van der Waals surface area contributed by atoms with Gasteiger partial charge in [-0.15, -0.1) is 0 Å². The molecule has 21 heavy (non-hydrogen) atoms. The lowest BCUT2D eigenvalue weighted by Gasteiger charge is -2.14. The Kier molecular flexibility index (Phi) is 7.10. The molecule has 0 radical (unpaired) electrons. The maximum absolute atomic E-state index is 11.1. The lowest BCUT2D eigenvalue weighted by atomic mass is 10.2. The van der Waals surface area contributed by atoms with Crippen molar-refractivity contribution in [1.29, 1.82) is 0 Å². The smallest absolute Gasteiger partial charge is 0.320 e. The number of ether oxygens (including phenoxy) is 1. The molecule has 116 valence electrons. The average Bonchev–Trinajstić information content (AvgIpc) is 2.43. The molecule has 0 heterocycles. The van der Waals surface area contributed by atoms with E-state index in [9.17, 15) is 14.9 Å². The highest BCUT2D eigenvalue weighted by atomic mass is 79.9. The molecule has 0 saturated heterocycles. The summed E-state index contributed by atoms with van der Waals surface area (Å²) in [5.41, 5.74) is -0.155. The van der Waals surface area contributed by atoms with Crippen LogP contribution in [0.5, 0.6) is 5.75 Å². The van der Waals surface area contributed by atoms with Gasteiger partial charge in [-0.1, -0.05) is 13.0 Å². The predicted molar refractivity (Wildman–Crippen MR) is 80.6 cm³/mol. The van der Waals surface area contributed by atoms with Crippen molar-refractivity contribution in [3.63, 3.8) is 0 Å². The SMILES string of the molecule is CCCNC(CCOc1c(Br)cccc1[N+](=O)[O-])C(=O)O. The van der Waals surface area contributed by atoms with E-state index in [1.165, 1.54) is 12.1 Å². The summed E-state index contributed by atoms with van der Waals surface area (Å²) in [6.07, 6.45) is 1.04. The summed E-state index contributed by atoms with van der Waals surface area (Å²) in [6.45, 7) is 2.59. The summed E-state index contributed by atoms with van der Waals surface area (Å²) in [4.78, 5) is 21.4. The molecule has 0 fully saturated rings. The van der Waals surface area contributed by atoms with Crippen LogP contribution in [0.4, 0.5) is 5.69 Å². The molecule has 1 unspecified atom stereocenters. The Balaban J connectivity index is 2.66. The van der Waals surface area contributed by atoms with Crippen molar-refractivity contribution in [3.8, 4) is 5.75 Å². The van der Waals surface area contributed by atoms with E-state index in [0.29, 0.717) is 11.0 Å². The van der Waals surface area contributed by atoms with E-state index in [1.54, 1.807) is 6.07 Å². The van der Waals surface area contributed by atoms with Crippen LogP contribution in [0.1, 0.15) is 19.8 Å². The Bertz CT molecular complexity index is 509. The maximum Gasteiger partial charge on any atom is 0.320 e. The number of halogens is 1. The van der Waals surface area contributed by atoms with Gasteiger partial charge in [0.15, 0.2) is 0 Å². The van der Waals surface area contributed by atoms with E-state index in [0.717, 1.165) is 6.42 Å². The van der Waals surface area contributed by atoms with Crippen LogP contribution in [0.2, 0.25) is 0 Å². The van der Waals surface area contributed by atoms with Crippen LogP contribution in [0.15, 0.2) is 22.7 Å². The Labute approximate surface area is 130 Å². The number of nitrogens with zero attached hydrogens (tertiary/aromatic N) is 1. The number of para-hydroxylation sites is 1. The highest BCUT2D eigenvalue weighted by molar-refractivity contribution is 9.10. The predicted octanol–water partition coefficient (Wildman–Crippen LogP) is 2.58. The number of carboxylic acids is 1. The van der Waals surface area contributed by atoms with Crippen molar-refractivity contribution in [2.45, 2.75) is 25.8 Å². The van der Waals surface area contributed by atoms with Crippen LogP contribution >= 0.6 is 15.9 Å². The Hall–Kier alpha value is -1.67. The second kappa shape index (κ2) is 8.58. The minimum absolute atomic E-state index is 0.0666. The van der Waals surface area contributed by atoms with Gasteiger partial charge in [0.25, 0.3) is 0 Å². The first-order valence-electron chi connectivity index (χ1n) is 6.49. The van der Waals surface area contributed by atoms with Crippen LogP contribution in [-0.4, -0.2) is 35.2 Å². The maximum atomic E-state index is 11.1. The molecular weight excluding hydrogens is 344 g/mol. The van der Waals surface area contributed by atoms with Gasteiger partial charge in [0.05, 0.1) is 16.0 Å². The van der Waals surface area contributed by atoms with Gasteiger partial charge in [0, 0.05) is 12.5 Å². The molecule has 0 bridgehead atoms. The molecule has 0 aliphatic heterocycles. The first kappa shape index (κ1) is 17.4. The number of carboxylic acid groups (broad SMARTS) is 1. The third kappa shape index (κ3) is 5.31. The summed E-state index contributed by atoms with van der Waals surface area (Å²) >= 11 is 3.19. The van der Waals surface area contributed by atoms with Crippen LogP contribution in [0, 0.1) is 10.1 Å². The second-order valence-corrected chi connectivity index (χ2v) is 5.18. The average molecular weight is 361 g/mol. The standard InChI is InChI=1S/C13H17BrN2O5/c1-2-7-15-10(13(17)18)6-8-21-12-9(14)4-3-5-11(12)16(19)20/h3-5,10,15H,2,6-8H2,1H3,(H,17,18). The van der Waals surface area contributed by atoms with Gasteiger partial charge in [-0.05, 0) is 35.0 Å². The van der Waals surface area contributed by atoms with Gasteiger partial charge in [-0.3, -0.25) is 14.9 Å². The third-order valence-corrected chi connectivity index (χ3v) is 3.36. The lowest BCUT2D eigenvalue weighted by molar-refractivity contribution is -0.386. The van der Waals surface area contributed by atoms with E-state index < -0.39 is 16.9 Å². The molecule has 7 nitrogen and oxygen atoms in total. The molecule has 1 atom stereocenters. The van der Waals surface area contributed by atoms with E-state index in [2.05, 4.69) is 21.2 Å². The quantitative estimate of drug-likeness (QED) is 0.518. The van der Waals surface area contributed by atoms with Crippen LogP contribution in [0.25, 0.3) is 0 Å². The molecule has 0 saturated carbocycles. The summed E-state index contributed by atoms with van der Waals surface area (Å²) in [6, 6.07) is 3.78. The first-order chi connectivity index (χ1) is 9.97. The fraction of sp³-hybridized carbons (Fsp3) is 0.462. The molecule has 1 aromatic carbocycles. The van der Waals surface area contributed by atoms with Gasteiger partial charge in [-0.25, -0.2) is 0 Å². The zero-order valence-corrected chi connectivity index (χ0v) is 13.1. The summed E-state index contributed by atoms with van der Waals surface area (Å²) in [5.74, 6) is -0.851. The molecular formula is C13H17BrN2O5. The second-order valence-electron chi connectivity index (χ2n) is 4.33. The largest absolute Gasteiger partial charge is 0.486 e. The fourth-order valence-corrected chi connectivity index (χ4v) is 2.16. The van der Waals surface area contributed by atoms with Crippen LogP contribution in [-0.2, 0) is 4.79 Å². The number of rotatable bonds is 9. The monoisotopic (exact) mass is 360 g/mol. The molecule has 0 aliphatic carbocycles. The van der Waals surface area contributed by atoms with Crippen LogP contribution in [0.3, 0.4) is 0 Å². The highest BCUT2D eigenvalue weighted by Crippen LogP contribution is 2.34. The molecule has 2 N–H and O–H groups in total. The highest BCUT2D eigenvalue weighted by Gasteiger charge is 2.20. The molecule has 0 aromatic heterocycles. The third-order valence-electron chi connectivity index (χ3n) is 2.73. The topological polar surface area (TPSA) is 102 Å². The molecule has 1 rings (SSSR count). The first-order valence-corrected chi connectivity index (χ1v) is 7.28. The van der Waals surface area contributed by atoms with Gasteiger partial charge in [-0.2, -0.15) is 0 Å². The van der Waals surface area contributed by atoms with Gasteiger partial charge < -0.3 is 15.2 Å². The van der Waals surface area contributed by atoms with E-state index in [1.807, 2.05) is 6.92 Å². The minimum Gasteiger partial charge on any atom is -0.486 e.